The van der Waals surface area contributed by atoms with Gasteiger partial charge >= 0.3 is 0 Å². The fourth-order valence-corrected chi connectivity index (χ4v) is 5.27. The van der Waals surface area contributed by atoms with Gasteiger partial charge in [0.25, 0.3) is 0 Å². The zero-order valence-electron chi connectivity index (χ0n) is 17.5. The maximum absolute atomic E-state index is 12.8. The van der Waals surface area contributed by atoms with Crippen LogP contribution in [0, 0.1) is 0 Å². The molecule has 2 fully saturated rings. The molecule has 0 aliphatic carbocycles. The zero-order chi connectivity index (χ0) is 20.2. The molecule has 0 spiro atoms. The molecule has 7 heteroatoms. The molecule has 0 N–H and O–H groups in total. The lowest BCUT2D eigenvalue weighted by molar-refractivity contribution is -0.127. The SMILES string of the molecule is CCC(C)n1c(SCC(=O)N2CCC(N3CCCC3)C2)nnc1-c1ccccc1. The van der Waals surface area contributed by atoms with E-state index in [4.69, 9.17) is 0 Å². The summed E-state index contributed by atoms with van der Waals surface area (Å²) in [5.74, 6) is 1.53. The Kier molecular flexibility index (Phi) is 6.55. The second kappa shape index (κ2) is 9.30. The maximum atomic E-state index is 12.8. The standard InChI is InChI=1S/C22H31N5OS/c1-3-17(2)27-21(18-9-5-4-6-10-18)23-24-22(27)29-16-20(28)26-14-11-19(15-26)25-12-7-8-13-25/h4-6,9-10,17,19H,3,7-8,11-16H2,1-2H3. The van der Waals surface area contributed by atoms with Gasteiger partial charge in [-0.1, -0.05) is 49.0 Å². The number of aromatic nitrogens is 3. The third-order valence-corrected chi connectivity index (χ3v) is 7.15. The molecule has 1 aromatic heterocycles. The smallest absolute Gasteiger partial charge is 0.233 e. The number of carbonyl (C=O) groups is 1. The van der Waals surface area contributed by atoms with Gasteiger partial charge in [-0.05, 0) is 45.7 Å². The van der Waals surface area contributed by atoms with E-state index in [0.29, 0.717) is 11.8 Å². The highest BCUT2D eigenvalue weighted by molar-refractivity contribution is 7.99. The molecular weight excluding hydrogens is 382 g/mol. The Morgan fingerprint density at radius 1 is 1.17 bits per heavy atom. The van der Waals surface area contributed by atoms with Crippen LogP contribution in [-0.2, 0) is 4.79 Å². The molecule has 156 valence electrons. The molecule has 0 radical (unpaired) electrons. The Bertz CT molecular complexity index is 818. The number of likely N-dealkylation sites (tertiary alicyclic amines) is 2. The van der Waals surface area contributed by atoms with E-state index in [2.05, 4.69) is 45.6 Å². The second-order valence-corrected chi connectivity index (χ2v) is 9.06. The molecule has 0 bridgehead atoms. The van der Waals surface area contributed by atoms with Crippen LogP contribution in [0.2, 0.25) is 0 Å². The van der Waals surface area contributed by atoms with E-state index < -0.39 is 0 Å². The summed E-state index contributed by atoms with van der Waals surface area (Å²) in [6, 6.07) is 11.0. The Hall–Kier alpha value is -1.86. The molecule has 1 amide bonds. The molecule has 2 aliphatic heterocycles. The minimum absolute atomic E-state index is 0.219. The lowest BCUT2D eigenvalue weighted by atomic mass is 10.2. The summed E-state index contributed by atoms with van der Waals surface area (Å²) in [6.07, 6.45) is 4.70. The summed E-state index contributed by atoms with van der Waals surface area (Å²) in [5, 5.41) is 9.73. The number of nitrogens with zero attached hydrogens (tertiary/aromatic N) is 5. The van der Waals surface area contributed by atoms with Gasteiger partial charge in [-0.3, -0.25) is 14.3 Å². The molecule has 29 heavy (non-hydrogen) atoms. The van der Waals surface area contributed by atoms with Gasteiger partial charge in [0.05, 0.1) is 5.75 Å². The van der Waals surface area contributed by atoms with Crippen molar-refractivity contribution in [3.05, 3.63) is 30.3 Å². The van der Waals surface area contributed by atoms with Gasteiger partial charge in [0.15, 0.2) is 11.0 Å². The summed E-state index contributed by atoms with van der Waals surface area (Å²) in [7, 11) is 0. The summed E-state index contributed by atoms with van der Waals surface area (Å²) < 4.78 is 2.18. The number of benzene rings is 1. The molecule has 2 saturated heterocycles. The average molecular weight is 414 g/mol. The van der Waals surface area contributed by atoms with Crippen molar-refractivity contribution < 1.29 is 4.79 Å². The number of thioether (sulfide) groups is 1. The normalized spacial score (nSPS) is 21.0. The van der Waals surface area contributed by atoms with E-state index in [1.54, 1.807) is 0 Å². The minimum Gasteiger partial charge on any atom is -0.340 e. The number of carbonyl (C=O) groups excluding carboxylic acids is 1. The summed E-state index contributed by atoms with van der Waals surface area (Å²) in [5.41, 5.74) is 1.06. The van der Waals surface area contributed by atoms with Crippen LogP contribution < -0.4 is 0 Å². The highest BCUT2D eigenvalue weighted by Crippen LogP contribution is 2.29. The lowest BCUT2D eigenvalue weighted by Gasteiger charge is -2.23. The van der Waals surface area contributed by atoms with Crippen LogP contribution in [0.25, 0.3) is 11.4 Å². The van der Waals surface area contributed by atoms with Gasteiger partial charge in [0, 0.05) is 30.7 Å². The van der Waals surface area contributed by atoms with Gasteiger partial charge in [-0.25, -0.2) is 0 Å². The van der Waals surface area contributed by atoms with Crippen molar-refractivity contribution in [1.82, 2.24) is 24.6 Å². The number of amides is 1. The Morgan fingerprint density at radius 2 is 1.93 bits per heavy atom. The van der Waals surface area contributed by atoms with Crippen LogP contribution >= 0.6 is 11.8 Å². The lowest BCUT2D eigenvalue weighted by Crippen LogP contribution is -2.37. The van der Waals surface area contributed by atoms with E-state index in [1.165, 1.54) is 37.7 Å². The van der Waals surface area contributed by atoms with Crippen molar-refractivity contribution in [2.24, 2.45) is 0 Å². The van der Waals surface area contributed by atoms with Crippen LogP contribution in [-0.4, -0.2) is 68.4 Å². The van der Waals surface area contributed by atoms with Crippen LogP contribution in [0.1, 0.15) is 45.6 Å². The highest BCUT2D eigenvalue weighted by atomic mass is 32.2. The molecule has 4 rings (SSSR count). The van der Waals surface area contributed by atoms with E-state index in [-0.39, 0.29) is 11.9 Å². The predicted molar refractivity (Wildman–Crippen MR) is 117 cm³/mol. The Labute approximate surface area is 177 Å². The van der Waals surface area contributed by atoms with E-state index in [9.17, 15) is 4.79 Å². The Morgan fingerprint density at radius 3 is 2.66 bits per heavy atom. The fraction of sp³-hybridized carbons (Fsp3) is 0.591. The van der Waals surface area contributed by atoms with Crippen molar-refractivity contribution in [3.63, 3.8) is 0 Å². The van der Waals surface area contributed by atoms with E-state index in [1.807, 2.05) is 23.1 Å². The van der Waals surface area contributed by atoms with Crippen molar-refractivity contribution in [2.75, 3.05) is 31.9 Å². The van der Waals surface area contributed by atoms with E-state index in [0.717, 1.165) is 42.5 Å². The van der Waals surface area contributed by atoms with Crippen LogP contribution in [0.5, 0.6) is 0 Å². The van der Waals surface area contributed by atoms with Crippen molar-refractivity contribution in [1.29, 1.82) is 0 Å². The van der Waals surface area contributed by atoms with Gasteiger partial charge in [-0.15, -0.1) is 10.2 Å². The largest absolute Gasteiger partial charge is 0.340 e. The highest BCUT2D eigenvalue weighted by Gasteiger charge is 2.31. The Balaban J connectivity index is 1.41. The van der Waals surface area contributed by atoms with Crippen molar-refractivity contribution in [3.8, 4) is 11.4 Å². The monoisotopic (exact) mass is 413 g/mol. The molecule has 3 heterocycles. The first-order valence-electron chi connectivity index (χ1n) is 10.8. The zero-order valence-corrected chi connectivity index (χ0v) is 18.3. The van der Waals surface area contributed by atoms with Gasteiger partial charge < -0.3 is 4.90 Å². The quantitative estimate of drug-likeness (QED) is 0.648. The topological polar surface area (TPSA) is 54.3 Å². The molecule has 0 saturated carbocycles. The second-order valence-electron chi connectivity index (χ2n) is 8.11. The third kappa shape index (κ3) is 4.51. The van der Waals surface area contributed by atoms with Gasteiger partial charge in [-0.2, -0.15) is 0 Å². The number of hydrogen-bond acceptors (Lipinski definition) is 5. The first-order valence-corrected chi connectivity index (χ1v) is 11.8. The number of rotatable bonds is 7. The van der Waals surface area contributed by atoms with Crippen molar-refractivity contribution in [2.45, 2.75) is 56.8 Å². The van der Waals surface area contributed by atoms with Crippen LogP contribution in [0.3, 0.4) is 0 Å². The molecule has 1 aromatic carbocycles. The first kappa shape index (κ1) is 20.4. The summed E-state index contributed by atoms with van der Waals surface area (Å²) in [4.78, 5) is 17.4. The molecule has 2 unspecified atom stereocenters. The van der Waals surface area contributed by atoms with Crippen molar-refractivity contribution >= 4 is 17.7 Å². The molecule has 6 nitrogen and oxygen atoms in total. The molecule has 2 aliphatic rings. The van der Waals surface area contributed by atoms with E-state index >= 15 is 0 Å². The minimum atomic E-state index is 0.219. The van der Waals surface area contributed by atoms with Crippen LogP contribution in [0.15, 0.2) is 35.5 Å². The molecule has 2 aromatic rings. The first-order chi connectivity index (χ1) is 14.2. The summed E-state index contributed by atoms with van der Waals surface area (Å²) >= 11 is 1.52. The average Bonchev–Trinajstić information content (AvgIpc) is 3.52. The summed E-state index contributed by atoms with van der Waals surface area (Å²) in [6.45, 7) is 8.51. The van der Waals surface area contributed by atoms with Crippen LogP contribution in [0.4, 0.5) is 0 Å². The number of hydrogen-bond donors (Lipinski definition) is 0. The predicted octanol–water partition coefficient (Wildman–Crippen LogP) is 3.70. The maximum Gasteiger partial charge on any atom is 0.233 e. The fourth-order valence-electron chi connectivity index (χ4n) is 4.33. The third-order valence-electron chi connectivity index (χ3n) is 6.23. The van der Waals surface area contributed by atoms with Gasteiger partial charge in [0.2, 0.25) is 5.91 Å². The molecule has 2 atom stereocenters. The van der Waals surface area contributed by atoms with Gasteiger partial charge in [0.1, 0.15) is 0 Å². The molecular formula is C22H31N5OS.